The van der Waals surface area contributed by atoms with E-state index in [1.54, 1.807) is 18.6 Å². The second kappa shape index (κ2) is 13.7. The van der Waals surface area contributed by atoms with Crippen LogP contribution in [0, 0.1) is 3.57 Å². The molecule has 0 spiro atoms. The highest BCUT2D eigenvalue weighted by atomic mass is 127. The van der Waals surface area contributed by atoms with E-state index in [4.69, 9.17) is 19.2 Å². The first-order chi connectivity index (χ1) is 22.0. The Balaban J connectivity index is 1.49. The number of aromatic nitrogens is 1. The number of carbonyl (C=O) groups excluding carboxylic acids is 1. The number of carbonyl (C=O) groups is 1. The standard InChI is InChI=1S/C36H29IN2O5S/c1-3-43-35(41)30-31(25-15-9-5-10-16-25)38-36-39(32(30)26-17-11-6-12-18-26)34(40)29(45-36)21-24-19-27(37)33(28(20-24)42-2)44-22-23-13-7-4-8-14-23/h4-21,32H,3,22H2,1-2H3/b29-21-. The zero-order chi connectivity index (χ0) is 31.3. The lowest BCUT2D eigenvalue weighted by Gasteiger charge is -2.25. The number of thiazole rings is 1. The number of hydrogen-bond donors (Lipinski definition) is 0. The first-order valence-electron chi connectivity index (χ1n) is 14.4. The molecule has 0 saturated carbocycles. The van der Waals surface area contributed by atoms with Crippen molar-refractivity contribution in [3.8, 4) is 11.5 Å². The fraction of sp³-hybridized carbons (Fsp3) is 0.139. The van der Waals surface area contributed by atoms with Crippen molar-refractivity contribution < 1.29 is 19.0 Å². The maximum atomic E-state index is 14.2. The quantitative estimate of drug-likeness (QED) is 0.135. The predicted octanol–water partition coefficient (Wildman–Crippen LogP) is 6.13. The molecule has 1 aromatic heterocycles. The Labute approximate surface area is 277 Å². The molecule has 226 valence electrons. The van der Waals surface area contributed by atoms with Crippen molar-refractivity contribution in [3.63, 3.8) is 0 Å². The molecule has 7 nitrogen and oxygen atoms in total. The van der Waals surface area contributed by atoms with Crippen LogP contribution in [-0.4, -0.2) is 24.3 Å². The minimum absolute atomic E-state index is 0.196. The van der Waals surface area contributed by atoms with Gasteiger partial charge in [0.2, 0.25) is 0 Å². The summed E-state index contributed by atoms with van der Waals surface area (Å²) >= 11 is 3.50. The molecule has 6 rings (SSSR count). The van der Waals surface area contributed by atoms with Crippen LogP contribution in [0.1, 0.15) is 35.2 Å². The number of methoxy groups -OCH3 is 1. The summed E-state index contributed by atoms with van der Waals surface area (Å²) in [6, 6.07) is 32.1. The van der Waals surface area contributed by atoms with Crippen molar-refractivity contribution in [2.24, 2.45) is 4.99 Å². The predicted molar refractivity (Wildman–Crippen MR) is 184 cm³/mol. The van der Waals surface area contributed by atoms with Crippen molar-refractivity contribution >= 4 is 51.7 Å². The summed E-state index contributed by atoms with van der Waals surface area (Å²) in [5, 5.41) is 0. The number of nitrogens with zero attached hydrogens (tertiary/aromatic N) is 2. The number of benzene rings is 4. The smallest absolute Gasteiger partial charge is 0.338 e. The van der Waals surface area contributed by atoms with Gasteiger partial charge < -0.3 is 14.2 Å². The zero-order valence-corrected chi connectivity index (χ0v) is 27.6. The molecule has 1 atom stereocenters. The van der Waals surface area contributed by atoms with E-state index >= 15 is 0 Å². The van der Waals surface area contributed by atoms with Crippen LogP contribution in [0.15, 0.2) is 118 Å². The maximum Gasteiger partial charge on any atom is 0.338 e. The summed E-state index contributed by atoms with van der Waals surface area (Å²) in [6.07, 6.45) is 1.83. The van der Waals surface area contributed by atoms with E-state index in [1.807, 2.05) is 109 Å². The normalized spacial score (nSPS) is 14.5. The van der Waals surface area contributed by atoms with E-state index in [0.717, 1.165) is 25.8 Å². The van der Waals surface area contributed by atoms with Gasteiger partial charge in [0, 0.05) is 5.56 Å². The molecule has 5 aromatic rings. The lowest BCUT2D eigenvalue weighted by atomic mass is 9.93. The molecule has 4 aromatic carbocycles. The van der Waals surface area contributed by atoms with Gasteiger partial charge in [0.05, 0.1) is 39.1 Å². The van der Waals surface area contributed by atoms with E-state index in [2.05, 4.69) is 22.6 Å². The largest absolute Gasteiger partial charge is 0.493 e. The Hall–Kier alpha value is -4.48. The lowest BCUT2D eigenvalue weighted by molar-refractivity contribution is -0.138. The van der Waals surface area contributed by atoms with Gasteiger partial charge >= 0.3 is 5.97 Å². The number of rotatable bonds is 9. The summed E-state index contributed by atoms with van der Waals surface area (Å²) < 4.78 is 20.3. The molecular weight excluding hydrogens is 699 g/mol. The Morgan fingerprint density at radius 2 is 1.64 bits per heavy atom. The van der Waals surface area contributed by atoms with Crippen molar-refractivity contribution in [3.05, 3.63) is 154 Å². The maximum absolute atomic E-state index is 14.2. The van der Waals surface area contributed by atoms with Gasteiger partial charge in [-0.15, -0.1) is 0 Å². The van der Waals surface area contributed by atoms with Crippen LogP contribution in [0.3, 0.4) is 0 Å². The van der Waals surface area contributed by atoms with E-state index in [-0.39, 0.29) is 12.2 Å². The van der Waals surface area contributed by atoms with Crippen LogP contribution in [-0.2, 0) is 16.1 Å². The molecule has 0 N–H and O–H groups in total. The third-order valence-electron chi connectivity index (χ3n) is 7.26. The first kappa shape index (κ1) is 30.5. The Morgan fingerprint density at radius 1 is 0.978 bits per heavy atom. The van der Waals surface area contributed by atoms with Crippen molar-refractivity contribution in [2.75, 3.05) is 13.7 Å². The van der Waals surface area contributed by atoms with E-state index in [9.17, 15) is 9.59 Å². The molecule has 0 radical (unpaired) electrons. The van der Waals surface area contributed by atoms with Gasteiger partial charge in [0.25, 0.3) is 5.56 Å². The van der Waals surface area contributed by atoms with Gasteiger partial charge in [-0.25, -0.2) is 9.79 Å². The highest BCUT2D eigenvalue weighted by Crippen LogP contribution is 2.36. The summed E-state index contributed by atoms with van der Waals surface area (Å²) in [4.78, 5) is 33.2. The number of fused-ring (bicyclic) bond motifs is 1. The van der Waals surface area contributed by atoms with Crippen LogP contribution >= 0.6 is 33.9 Å². The van der Waals surface area contributed by atoms with Crippen LogP contribution in [0.25, 0.3) is 11.8 Å². The average molecular weight is 729 g/mol. The highest BCUT2D eigenvalue weighted by Gasteiger charge is 2.35. The minimum atomic E-state index is -0.720. The molecule has 45 heavy (non-hydrogen) atoms. The molecule has 9 heteroatoms. The van der Waals surface area contributed by atoms with Gasteiger partial charge in [-0.2, -0.15) is 0 Å². The molecule has 0 bridgehead atoms. The van der Waals surface area contributed by atoms with Gasteiger partial charge in [0.15, 0.2) is 16.3 Å². The number of halogens is 1. The van der Waals surface area contributed by atoms with Gasteiger partial charge in [0.1, 0.15) is 6.61 Å². The summed E-state index contributed by atoms with van der Waals surface area (Å²) in [5.41, 5.74) is 3.94. The summed E-state index contributed by atoms with van der Waals surface area (Å²) in [6.45, 7) is 2.36. The molecule has 1 aliphatic heterocycles. The molecule has 0 fully saturated rings. The fourth-order valence-corrected chi connectivity index (χ4v) is 7.02. The second-order valence-electron chi connectivity index (χ2n) is 10.2. The molecule has 0 aliphatic carbocycles. The number of hydrogen-bond acceptors (Lipinski definition) is 7. The van der Waals surface area contributed by atoms with Crippen molar-refractivity contribution in [1.29, 1.82) is 0 Å². The molecule has 0 saturated heterocycles. The Kier molecular flexibility index (Phi) is 9.27. The number of esters is 1. The number of ether oxygens (including phenoxy) is 3. The van der Waals surface area contributed by atoms with Crippen molar-refractivity contribution in [1.82, 2.24) is 4.57 Å². The monoisotopic (exact) mass is 728 g/mol. The van der Waals surface area contributed by atoms with Crippen molar-refractivity contribution in [2.45, 2.75) is 19.6 Å². The van der Waals surface area contributed by atoms with Crippen LogP contribution < -0.4 is 24.4 Å². The van der Waals surface area contributed by atoms with Gasteiger partial charge in [-0.05, 0) is 64.4 Å². The molecular formula is C36H29IN2O5S. The molecule has 1 unspecified atom stereocenters. The summed E-state index contributed by atoms with van der Waals surface area (Å²) in [7, 11) is 1.60. The minimum Gasteiger partial charge on any atom is -0.493 e. The van der Waals surface area contributed by atoms with Crippen LogP contribution in [0.5, 0.6) is 11.5 Å². The molecule has 1 aliphatic rings. The van der Waals surface area contributed by atoms with Gasteiger partial charge in [-0.3, -0.25) is 9.36 Å². The molecule has 2 heterocycles. The van der Waals surface area contributed by atoms with E-state index in [1.165, 1.54) is 11.3 Å². The first-order valence-corrected chi connectivity index (χ1v) is 16.3. The van der Waals surface area contributed by atoms with Gasteiger partial charge in [-0.1, -0.05) is 102 Å². The van der Waals surface area contributed by atoms with Crippen LogP contribution in [0.4, 0.5) is 0 Å². The Bertz CT molecular complexity index is 2060. The fourth-order valence-electron chi connectivity index (χ4n) is 5.24. The summed E-state index contributed by atoms with van der Waals surface area (Å²) in [5.74, 6) is 0.694. The van der Waals surface area contributed by atoms with E-state index < -0.39 is 12.0 Å². The van der Waals surface area contributed by atoms with Crippen LogP contribution in [0.2, 0.25) is 0 Å². The molecule has 0 amide bonds. The lowest BCUT2D eigenvalue weighted by Crippen LogP contribution is -2.40. The average Bonchev–Trinajstić information content (AvgIpc) is 3.38. The third-order valence-corrected chi connectivity index (χ3v) is 9.05. The highest BCUT2D eigenvalue weighted by molar-refractivity contribution is 14.1. The third kappa shape index (κ3) is 6.36. The Morgan fingerprint density at radius 3 is 2.31 bits per heavy atom. The SMILES string of the molecule is CCOC(=O)C1=C(c2ccccc2)N=c2s/c(=C\c3cc(I)c(OCc4ccccc4)c(OC)c3)c(=O)n2C1c1ccccc1. The van der Waals surface area contributed by atoms with E-state index in [0.29, 0.717) is 38.7 Å². The zero-order valence-electron chi connectivity index (χ0n) is 24.6. The topological polar surface area (TPSA) is 79.1 Å². The second-order valence-corrected chi connectivity index (χ2v) is 12.3.